The maximum absolute atomic E-state index is 12.8. The number of rotatable bonds is 8. The summed E-state index contributed by atoms with van der Waals surface area (Å²) >= 11 is 0. The minimum Gasteiger partial charge on any atom is -0.490 e. The van der Waals surface area contributed by atoms with Crippen LogP contribution in [0.1, 0.15) is 23.2 Å². The van der Waals surface area contributed by atoms with Crippen LogP contribution in [0.15, 0.2) is 47.4 Å². The van der Waals surface area contributed by atoms with E-state index < -0.39 is 15.9 Å². The van der Waals surface area contributed by atoms with E-state index in [1.54, 1.807) is 18.2 Å². The largest absolute Gasteiger partial charge is 0.490 e. The number of carbonyl (C=O) groups is 2. The predicted octanol–water partition coefficient (Wildman–Crippen LogP) is 1.52. The molecule has 0 spiro atoms. The van der Waals surface area contributed by atoms with E-state index in [4.69, 9.17) is 15.9 Å². The SMILES string of the molecule is C#CCNC(=O)CCNC(=O)c1cccc(NS(=O)(=O)c2ccc3c(c2)OCCCO3)c1. The number of anilines is 1. The van der Waals surface area contributed by atoms with E-state index in [0.717, 1.165) is 0 Å². The Balaban J connectivity index is 1.65. The number of ether oxygens (including phenoxy) is 2. The molecule has 0 saturated carbocycles. The van der Waals surface area contributed by atoms with Crippen molar-refractivity contribution in [2.75, 3.05) is 31.0 Å². The number of hydrogen-bond donors (Lipinski definition) is 3. The molecule has 2 aromatic rings. The van der Waals surface area contributed by atoms with E-state index in [9.17, 15) is 18.0 Å². The molecule has 1 aliphatic heterocycles. The van der Waals surface area contributed by atoms with E-state index in [2.05, 4.69) is 21.3 Å². The van der Waals surface area contributed by atoms with Gasteiger partial charge in [0.1, 0.15) is 0 Å². The van der Waals surface area contributed by atoms with Gasteiger partial charge in [0.2, 0.25) is 5.91 Å². The maximum atomic E-state index is 12.8. The van der Waals surface area contributed by atoms with Crippen LogP contribution in [0.25, 0.3) is 0 Å². The van der Waals surface area contributed by atoms with Gasteiger partial charge in [-0.1, -0.05) is 12.0 Å². The molecule has 1 aliphatic rings. The fourth-order valence-electron chi connectivity index (χ4n) is 2.88. The average Bonchev–Trinajstić information content (AvgIpc) is 3.02. The summed E-state index contributed by atoms with van der Waals surface area (Å²) in [5, 5.41) is 5.11. The summed E-state index contributed by atoms with van der Waals surface area (Å²) in [6, 6.07) is 10.4. The van der Waals surface area contributed by atoms with Gasteiger partial charge in [0.05, 0.1) is 24.7 Å². The molecule has 0 bridgehead atoms. The first-order chi connectivity index (χ1) is 15.4. The van der Waals surface area contributed by atoms with Gasteiger partial charge in [-0.2, -0.15) is 0 Å². The number of carbonyl (C=O) groups excluding carboxylic acids is 2. The van der Waals surface area contributed by atoms with Crippen molar-refractivity contribution in [1.82, 2.24) is 10.6 Å². The van der Waals surface area contributed by atoms with E-state index >= 15 is 0 Å². The van der Waals surface area contributed by atoms with Crippen molar-refractivity contribution >= 4 is 27.5 Å². The molecular weight excluding hydrogens is 434 g/mol. The second kappa shape index (κ2) is 10.5. The van der Waals surface area contributed by atoms with Crippen LogP contribution in [0.2, 0.25) is 0 Å². The first-order valence-electron chi connectivity index (χ1n) is 9.90. The number of nitrogens with one attached hydrogen (secondary N) is 3. The molecule has 168 valence electrons. The topological polar surface area (TPSA) is 123 Å². The molecule has 3 N–H and O–H groups in total. The third kappa shape index (κ3) is 6.15. The average molecular weight is 458 g/mol. The molecule has 32 heavy (non-hydrogen) atoms. The summed E-state index contributed by atoms with van der Waals surface area (Å²) in [5.41, 5.74) is 0.462. The molecule has 9 nitrogen and oxygen atoms in total. The Hall–Kier alpha value is -3.71. The minimum absolute atomic E-state index is 0.00888. The van der Waals surface area contributed by atoms with Crippen LogP contribution in [0.3, 0.4) is 0 Å². The molecule has 0 saturated heterocycles. The number of fused-ring (bicyclic) bond motifs is 1. The Bertz CT molecular complexity index is 1140. The van der Waals surface area contributed by atoms with Crippen LogP contribution in [-0.2, 0) is 14.8 Å². The van der Waals surface area contributed by atoms with Gasteiger partial charge in [0, 0.05) is 36.7 Å². The third-order valence-electron chi connectivity index (χ3n) is 4.43. The fraction of sp³-hybridized carbons (Fsp3) is 0.273. The minimum atomic E-state index is -3.92. The highest BCUT2D eigenvalue weighted by atomic mass is 32.2. The smallest absolute Gasteiger partial charge is 0.262 e. The van der Waals surface area contributed by atoms with E-state index in [1.165, 1.54) is 24.3 Å². The van der Waals surface area contributed by atoms with Crippen molar-refractivity contribution in [2.45, 2.75) is 17.7 Å². The standard InChI is InChI=1S/C22H23N3O6S/c1-2-10-23-21(26)9-11-24-22(27)16-5-3-6-17(14-16)25-32(28,29)18-7-8-19-20(15-18)31-13-4-12-30-19/h1,3,5-8,14-15,25H,4,9-13H2,(H,23,26)(H,24,27). The van der Waals surface area contributed by atoms with Crippen molar-refractivity contribution < 1.29 is 27.5 Å². The second-order valence-corrected chi connectivity index (χ2v) is 8.51. The highest BCUT2D eigenvalue weighted by molar-refractivity contribution is 7.92. The van der Waals surface area contributed by atoms with Crippen molar-refractivity contribution in [1.29, 1.82) is 0 Å². The molecule has 0 unspecified atom stereocenters. The van der Waals surface area contributed by atoms with E-state index in [1.807, 2.05) is 0 Å². The molecule has 0 aromatic heterocycles. The zero-order valence-electron chi connectivity index (χ0n) is 17.2. The molecular formula is C22H23N3O6S. The number of hydrogen-bond acceptors (Lipinski definition) is 6. The molecule has 0 aliphatic carbocycles. The van der Waals surface area contributed by atoms with Gasteiger partial charge in [-0.15, -0.1) is 6.42 Å². The van der Waals surface area contributed by atoms with Crippen LogP contribution in [0.5, 0.6) is 11.5 Å². The second-order valence-electron chi connectivity index (χ2n) is 6.83. The van der Waals surface area contributed by atoms with Crippen molar-refractivity contribution in [3.8, 4) is 23.8 Å². The summed E-state index contributed by atoms with van der Waals surface area (Å²) in [6.45, 7) is 1.18. The van der Waals surface area contributed by atoms with E-state index in [0.29, 0.717) is 31.1 Å². The Morgan fingerprint density at radius 1 is 1.03 bits per heavy atom. The Morgan fingerprint density at radius 2 is 1.81 bits per heavy atom. The third-order valence-corrected chi connectivity index (χ3v) is 5.81. The molecule has 1 heterocycles. The quantitative estimate of drug-likeness (QED) is 0.517. The van der Waals surface area contributed by atoms with Gasteiger partial charge < -0.3 is 20.1 Å². The highest BCUT2D eigenvalue weighted by Gasteiger charge is 2.19. The number of sulfonamides is 1. The first-order valence-corrected chi connectivity index (χ1v) is 11.4. The maximum Gasteiger partial charge on any atom is 0.262 e. The summed E-state index contributed by atoms with van der Waals surface area (Å²) in [4.78, 5) is 23.9. The Morgan fingerprint density at radius 3 is 2.59 bits per heavy atom. The Labute approximate surface area is 186 Å². The van der Waals surface area contributed by atoms with Crippen LogP contribution < -0.4 is 24.8 Å². The van der Waals surface area contributed by atoms with Gasteiger partial charge >= 0.3 is 0 Å². The lowest BCUT2D eigenvalue weighted by Gasteiger charge is -2.12. The molecule has 3 rings (SSSR count). The lowest BCUT2D eigenvalue weighted by atomic mass is 10.2. The zero-order valence-corrected chi connectivity index (χ0v) is 18.0. The number of benzene rings is 2. The predicted molar refractivity (Wildman–Crippen MR) is 118 cm³/mol. The molecule has 0 radical (unpaired) electrons. The summed E-state index contributed by atoms with van der Waals surface area (Å²) in [7, 11) is -3.92. The normalized spacial score (nSPS) is 12.7. The van der Waals surface area contributed by atoms with Crippen LogP contribution in [0.4, 0.5) is 5.69 Å². The van der Waals surface area contributed by atoms with Gasteiger partial charge in [0.15, 0.2) is 11.5 Å². The van der Waals surface area contributed by atoms with Crippen LogP contribution >= 0.6 is 0 Å². The summed E-state index contributed by atoms with van der Waals surface area (Å²) in [5.74, 6) is 2.43. The van der Waals surface area contributed by atoms with Crippen LogP contribution in [-0.4, -0.2) is 46.5 Å². The monoisotopic (exact) mass is 457 g/mol. The summed E-state index contributed by atoms with van der Waals surface area (Å²) in [6.07, 6.45) is 5.85. The first kappa shape index (κ1) is 23.0. The zero-order chi connectivity index (χ0) is 23.0. The van der Waals surface area contributed by atoms with Gasteiger partial charge in [0.25, 0.3) is 15.9 Å². The number of terminal acetylenes is 1. The summed E-state index contributed by atoms with van der Waals surface area (Å²) < 4.78 is 39.2. The van der Waals surface area contributed by atoms with Crippen molar-refractivity contribution in [3.05, 3.63) is 48.0 Å². The lowest BCUT2D eigenvalue weighted by Crippen LogP contribution is -2.30. The van der Waals surface area contributed by atoms with Gasteiger partial charge in [-0.05, 0) is 30.3 Å². The molecule has 0 atom stereocenters. The Kier molecular flexibility index (Phi) is 7.57. The molecule has 0 fully saturated rings. The van der Waals surface area contributed by atoms with Crippen molar-refractivity contribution in [2.24, 2.45) is 0 Å². The van der Waals surface area contributed by atoms with Gasteiger partial charge in [-0.3, -0.25) is 14.3 Å². The van der Waals surface area contributed by atoms with Crippen LogP contribution in [0, 0.1) is 12.3 Å². The van der Waals surface area contributed by atoms with E-state index in [-0.39, 0.29) is 41.6 Å². The lowest BCUT2D eigenvalue weighted by molar-refractivity contribution is -0.120. The van der Waals surface area contributed by atoms with Gasteiger partial charge in [-0.25, -0.2) is 8.42 Å². The van der Waals surface area contributed by atoms with Crippen molar-refractivity contribution in [3.63, 3.8) is 0 Å². The molecule has 2 aromatic carbocycles. The fourth-order valence-corrected chi connectivity index (χ4v) is 3.94. The molecule has 2 amide bonds. The number of amides is 2. The molecule has 10 heteroatoms. The highest BCUT2D eigenvalue weighted by Crippen LogP contribution is 2.32.